The molecule has 1 aromatic heterocycles. The van der Waals surface area contributed by atoms with E-state index in [2.05, 4.69) is 29.0 Å². The van der Waals surface area contributed by atoms with Crippen molar-refractivity contribution >= 4 is 5.91 Å². The molecule has 0 aliphatic carbocycles. The smallest absolute Gasteiger partial charge is 0.253 e. The lowest BCUT2D eigenvalue weighted by atomic mass is 10.0. The Morgan fingerprint density at radius 1 is 1.11 bits per heavy atom. The highest BCUT2D eigenvalue weighted by Crippen LogP contribution is 2.29. The Morgan fingerprint density at radius 3 is 2.63 bits per heavy atom. The fourth-order valence-corrected chi connectivity index (χ4v) is 3.67. The predicted molar refractivity (Wildman–Crippen MR) is 107 cm³/mol. The summed E-state index contributed by atoms with van der Waals surface area (Å²) in [5.41, 5.74) is 4.58. The summed E-state index contributed by atoms with van der Waals surface area (Å²) in [5, 5.41) is 0. The summed E-state index contributed by atoms with van der Waals surface area (Å²) in [5.74, 6) is 0.0991. The number of likely N-dealkylation sites (tertiary alicyclic amines) is 1. The molecule has 0 bridgehead atoms. The van der Waals surface area contributed by atoms with Crippen molar-refractivity contribution < 1.29 is 4.79 Å². The molecule has 138 valence electrons. The maximum Gasteiger partial charge on any atom is 0.253 e. The van der Waals surface area contributed by atoms with Crippen LogP contribution < -0.4 is 0 Å². The second-order valence-electron chi connectivity index (χ2n) is 7.23. The van der Waals surface area contributed by atoms with E-state index < -0.39 is 0 Å². The van der Waals surface area contributed by atoms with Crippen molar-refractivity contribution in [2.45, 2.75) is 12.5 Å². The molecule has 1 N–H and O–H groups in total. The Bertz CT molecular complexity index is 932. The van der Waals surface area contributed by atoms with Crippen LogP contribution in [0.25, 0.3) is 22.5 Å². The van der Waals surface area contributed by atoms with Crippen LogP contribution in [0.1, 0.15) is 16.8 Å². The Labute approximate surface area is 159 Å². The number of likely N-dealkylation sites (N-methyl/N-ethyl adjacent to an activating group) is 1. The highest BCUT2D eigenvalue weighted by atomic mass is 16.2. The molecule has 1 amide bonds. The van der Waals surface area contributed by atoms with Crippen molar-refractivity contribution in [1.29, 1.82) is 0 Å². The molecule has 1 fully saturated rings. The van der Waals surface area contributed by atoms with Gasteiger partial charge in [-0.25, -0.2) is 4.98 Å². The Balaban J connectivity index is 1.61. The van der Waals surface area contributed by atoms with E-state index in [9.17, 15) is 4.79 Å². The average Bonchev–Trinajstić information content (AvgIpc) is 3.38. The number of carbonyl (C=O) groups excluding carboxylic acids is 1. The van der Waals surface area contributed by atoms with Gasteiger partial charge in [-0.05, 0) is 32.6 Å². The van der Waals surface area contributed by atoms with Crippen LogP contribution in [0.15, 0.2) is 60.9 Å². The lowest BCUT2D eigenvalue weighted by Crippen LogP contribution is -2.34. The molecule has 1 atom stereocenters. The largest absolute Gasteiger partial charge is 0.344 e. The van der Waals surface area contributed by atoms with Crippen molar-refractivity contribution in [3.05, 3.63) is 66.5 Å². The van der Waals surface area contributed by atoms with Gasteiger partial charge in [-0.1, -0.05) is 42.5 Å². The summed E-state index contributed by atoms with van der Waals surface area (Å²) >= 11 is 0. The topological polar surface area (TPSA) is 52.2 Å². The fourth-order valence-electron chi connectivity index (χ4n) is 3.67. The summed E-state index contributed by atoms with van der Waals surface area (Å²) in [7, 11) is 4.14. The maximum atomic E-state index is 13.0. The maximum absolute atomic E-state index is 13.0. The number of hydrogen-bond acceptors (Lipinski definition) is 3. The zero-order valence-corrected chi connectivity index (χ0v) is 15.7. The predicted octanol–water partition coefficient (Wildman–Crippen LogP) is 3.52. The van der Waals surface area contributed by atoms with Gasteiger partial charge >= 0.3 is 0 Å². The second-order valence-corrected chi connectivity index (χ2v) is 7.23. The second kappa shape index (κ2) is 7.37. The first-order chi connectivity index (χ1) is 13.1. The van der Waals surface area contributed by atoms with Crippen molar-refractivity contribution in [3.63, 3.8) is 0 Å². The number of nitrogens with one attached hydrogen (secondary N) is 1. The quantitative estimate of drug-likeness (QED) is 0.774. The van der Waals surface area contributed by atoms with Crippen LogP contribution >= 0.6 is 0 Å². The van der Waals surface area contributed by atoms with E-state index in [0.29, 0.717) is 6.04 Å². The highest BCUT2D eigenvalue weighted by Gasteiger charge is 2.28. The molecule has 0 spiro atoms. The van der Waals surface area contributed by atoms with Crippen LogP contribution in [-0.2, 0) is 0 Å². The standard InChI is InChI=1S/C22H24N4O/c1-25(2)19-11-12-26(14-19)22(27)18-10-6-9-17(13-18)21-20(23-15-24-21)16-7-4-3-5-8-16/h3-10,13,15,19H,11-12,14H2,1-2H3,(H,23,24). The summed E-state index contributed by atoms with van der Waals surface area (Å²) < 4.78 is 0. The number of carbonyl (C=O) groups is 1. The lowest BCUT2D eigenvalue weighted by molar-refractivity contribution is 0.0783. The highest BCUT2D eigenvalue weighted by molar-refractivity contribution is 5.96. The van der Waals surface area contributed by atoms with Crippen molar-refractivity contribution in [2.75, 3.05) is 27.2 Å². The van der Waals surface area contributed by atoms with Gasteiger partial charge in [0, 0.05) is 35.8 Å². The van der Waals surface area contributed by atoms with E-state index in [4.69, 9.17) is 0 Å². The zero-order chi connectivity index (χ0) is 18.8. The van der Waals surface area contributed by atoms with Gasteiger partial charge in [0.05, 0.1) is 17.7 Å². The molecule has 0 saturated carbocycles. The van der Waals surface area contributed by atoms with E-state index in [1.165, 1.54) is 0 Å². The molecule has 5 heteroatoms. The molecule has 1 unspecified atom stereocenters. The molecule has 3 aromatic rings. The van der Waals surface area contributed by atoms with E-state index in [0.717, 1.165) is 47.6 Å². The number of aromatic nitrogens is 2. The molecule has 1 saturated heterocycles. The number of imidazole rings is 1. The Hall–Kier alpha value is -2.92. The third kappa shape index (κ3) is 3.51. The number of benzene rings is 2. The lowest BCUT2D eigenvalue weighted by Gasteiger charge is -2.20. The zero-order valence-electron chi connectivity index (χ0n) is 15.7. The molecule has 27 heavy (non-hydrogen) atoms. The van der Waals surface area contributed by atoms with Gasteiger partial charge in [-0.2, -0.15) is 0 Å². The third-order valence-corrected chi connectivity index (χ3v) is 5.27. The fraction of sp³-hybridized carbons (Fsp3) is 0.273. The van der Waals surface area contributed by atoms with E-state index in [-0.39, 0.29) is 5.91 Å². The first-order valence-corrected chi connectivity index (χ1v) is 9.28. The number of nitrogens with zero attached hydrogens (tertiary/aromatic N) is 3. The van der Waals surface area contributed by atoms with Crippen molar-refractivity contribution in [2.24, 2.45) is 0 Å². The van der Waals surface area contributed by atoms with E-state index >= 15 is 0 Å². The minimum Gasteiger partial charge on any atom is -0.344 e. The monoisotopic (exact) mass is 360 g/mol. The van der Waals surface area contributed by atoms with Gasteiger partial charge in [0.2, 0.25) is 0 Å². The van der Waals surface area contributed by atoms with Crippen LogP contribution in [0.4, 0.5) is 0 Å². The number of hydrogen-bond donors (Lipinski definition) is 1. The van der Waals surface area contributed by atoms with Crippen LogP contribution in [0.5, 0.6) is 0 Å². The van der Waals surface area contributed by atoms with Crippen LogP contribution in [-0.4, -0.2) is 58.9 Å². The molecule has 1 aliphatic heterocycles. The summed E-state index contributed by atoms with van der Waals surface area (Å²) in [6.45, 7) is 1.60. The average molecular weight is 360 g/mol. The Morgan fingerprint density at radius 2 is 1.89 bits per heavy atom. The van der Waals surface area contributed by atoms with Crippen molar-refractivity contribution in [3.8, 4) is 22.5 Å². The third-order valence-electron chi connectivity index (χ3n) is 5.27. The minimum atomic E-state index is 0.0991. The summed E-state index contributed by atoms with van der Waals surface area (Å²) in [6.07, 6.45) is 2.73. The Kier molecular flexibility index (Phi) is 4.77. The van der Waals surface area contributed by atoms with Gasteiger partial charge in [0.25, 0.3) is 5.91 Å². The first-order valence-electron chi connectivity index (χ1n) is 9.28. The van der Waals surface area contributed by atoms with Gasteiger partial charge in [0.15, 0.2) is 0 Å². The normalized spacial score (nSPS) is 16.9. The minimum absolute atomic E-state index is 0.0991. The van der Waals surface area contributed by atoms with Gasteiger partial charge in [0.1, 0.15) is 0 Å². The van der Waals surface area contributed by atoms with E-state index in [1.807, 2.05) is 59.5 Å². The molecule has 5 nitrogen and oxygen atoms in total. The number of H-pyrrole nitrogens is 1. The van der Waals surface area contributed by atoms with Crippen LogP contribution in [0.2, 0.25) is 0 Å². The van der Waals surface area contributed by atoms with Gasteiger partial charge in [-0.15, -0.1) is 0 Å². The molecule has 0 radical (unpaired) electrons. The van der Waals surface area contributed by atoms with Gasteiger partial charge < -0.3 is 14.8 Å². The summed E-state index contributed by atoms with van der Waals surface area (Å²) in [6, 6.07) is 18.3. The molecular formula is C22H24N4O. The molecule has 1 aliphatic rings. The molecular weight excluding hydrogens is 336 g/mol. The number of rotatable bonds is 4. The number of aromatic amines is 1. The first kappa shape index (κ1) is 17.5. The van der Waals surface area contributed by atoms with Crippen molar-refractivity contribution in [1.82, 2.24) is 19.8 Å². The molecule has 2 aromatic carbocycles. The molecule has 2 heterocycles. The SMILES string of the molecule is CN(C)C1CCN(C(=O)c2cccc(-c3[nH]cnc3-c3ccccc3)c2)C1. The van der Waals surface area contributed by atoms with E-state index in [1.54, 1.807) is 6.33 Å². The number of amides is 1. The van der Waals surface area contributed by atoms with Crippen LogP contribution in [0, 0.1) is 0 Å². The molecule has 4 rings (SSSR count). The summed E-state index contributed by atoms with van der Waals surface area (Å²) in [4.78, 5) is 24.8. The van der Waals surface area contributed by atoms with Crippen LogP contribution in [0.3, 0.4) is 0 Å². The van der Waals surface area contributed by atoms with Gasteiger partial charge in [-0.3, -0.25) is 4.79 Å².